The Morgan fingerprint density at radius 1 is 1.56 bits per heavy atom. The second-order valence-electron chi connectivity index (χ2n) is 6.28. The van der Waals surface area contributed by atoms with E-state index in [-0.39, 0.29) is 17.5 Å². The lowest BCUT2D eigenvalue weighted by atomic mass is 9.92. The molecule has 0 radical (unpaired) electrons. The first-order valence-corrected chi connectivity index (χ1v) is 7.13. The zero-order valence-corrected chi connectivity index (χ0v) is 12.3. The number of carbonyl (C=O) groups excluding carboxylic acids is 1. The fourth-order valence-corrected chi connectivity index (χ4v) is 2.37. The lowest BCUT2D eigenvalue weighted by molar-refractivity contribution is -0.124. The van der Waals surface area contributed by atoms with Gasteiger partial charge in [-0.25, -0.2) is 0 Å². The van der Waals surface area contributed by atoms with Gasteiger partial charge in [0, 0.05) is 18.1 Å². The van der Waals surface area contributed by atoms with Crippen LogP contribution < -0.4 is 11.1 Å². The number of amides is 1. The molecule has 1 amide bonds. The van der Waals surface area contributed by atoms with Crippen molar-refractivity contribution in [1.29, 1.82) is 0 Å². The van der Waals surface area contributed by atoms with Gasteiger partial charge < -0.3 is 11.1 Å². The predicted molar refractivity (Wildman–Crippen MR) is 75.3 cm³/mol. The van der Waals surface area contributed by atoms with Gasteiger partial charge in [0.2, 0.25) is 5.91 Å². The maximum atomic E-state index is 12.0. The number of nitrogens with zero attached hydrogens (tertiary/aromatic N) is 1. The van der Waals surface area contributed by atoms with Crippen LogP contribution in [0.1, 0.15) is 47.0 Å². The summed E-state index contributed by atoms with van der Waals surface area (Å²) in [7, 11) is 0. The van der Waals surface area contributed by atoms with Crippen LogP contribution in [0.3, 0.4) is 0 Å². The Labute approximate surface area is 111 Å². The molecule has 18 heavy (non-hydrogen) atoms. The van der Waals surface area contributed by atoms with Gasteiger partial charge in [-0.05, 0) is 52.5 Å². The molecule has 106 valence electrons. The molecule has 1 saturated heterocycles. The molecule has 0 saturated carbocycles. The van der Waals surface area contributed by atoms with E-state index < -0.39 is 0 Å². The first-order valence-electron chi connectivity index (χ1n) is 7.13. The Morgan fingerprint density at radius 2 is 2.22 bits per heavy atom. The number of carbonyl (C=O) groups is 1. The van der Waals surface area contributed by atoms with Crippen molar-refractivity contribution >= 4 is 5.91 Å². The van der Waals surface area contributed by atoms with Gasteiger partial charge in [0.05, 0.1) is 6.54 Å². The highest BCUT2D eigenvalue weighted by Gasteiger charge is 2.25. The molecule has 0 aromatic rings. The molecule has 1 aliphatic rings. The highest BCUT2D eigenvalue weighted by molar-refractivity contribution is 5.78. The summed E-state index contributed by atoms with van der Waals surface area (Å²) in [6.45, 7) is 10.8. The standard InChI is InChI=1S/C14H29N3O/c1-5-14(3,4)16-13(18)10-17-8-6-7-12(9-17)11(2)15/h11-12H,5-10,15H2,1-4H3,(H,16,18). The summed E-state index contributed by atoms with van der Waals surface area (Å²) in [5, 5.41) is 3.09. The van der Waals surface area contributed by atoms with Crippen LogP contribution in [-0.4, -0.2) is 42.0 Å². The van der Waals surface area contributed by atoms with Gasteiger partial charge in [-0.3, -0.25) is 9.69 Å². The predicted octanol–water partition coefficient (Wildman–Crippen LogP) is 1.35. The molecule has 2 unspecified atom stereocenters. The van der Waals surface area contributed by atoms with Crippen molar-refractivity contribution in [3.8, 4) is 0 Å². The van der Waals surface area contributed by atoms with Crippen molar-refractivity contribution in [1.82, 2.24) is 10.2 Å². The van der Waals surface area contributed by atoms with Crippen molar-refractivity contribution in [3.63, 3.8) is 0 Å². The molecule has 0 aromatic carbocycles. The fraction of sp³-hybridized carbons (Fsp3) is 0.929. The van der Waals surface area contributed by atoms with E-state index in [2.05, 4.69) is 37.9 Å². The summed E-state index contributed by atoms with van der Waals surface area (Å²) in [6, 6.07) is 0.225. The van der Waals surface area contributed by atoms with Crippen LogP contribution in [0.25, 0.3) is 0 Å². The summed E-state index contributed by atoms with van der Waals surface area (Å²) in [5.74, 6) is 0.665. The maximum Gasteiger partial charge on any atom is 0.234 e. The minimum absolute atomic E-state index is 0.104. The fourth-order valence-electron chi connectivity index (χ4n) is 2.37. The molecule has 1 heterocycles. The third kappa shape index (κ3) is 4.94. The van der Waals surface area contributed by atoms with Gasteiger partial charge in [-0.1, -0.05) is 6.92 Å². The lowest BCUT2D eigenvalue weighted by Crippen LogP contribution is -2.50. The summed E-state index contributed by atoms with van der Waals surface area (Å²) < 4.78 is 0. The maximum absolute atomic E-state index is 12.0. The number of hydrogen-bond donors (Lipinski definition) is 2. The van der Waals surface area contributed by atoms with Gasteiger partial charge in [0.25, 0.3) is 0 Å². The van der Waals surface area contributed by atoms with Crippen LogP contribution in [-0.2, 0) is 4.79 Å². The lowest BCUT2D eigenvalue weighted by Gasteiger charge is -2.35. The van der Waals surface area contributed by atoms with E-state index in [1.54, 1.807) is 0 Å². The van der Waals surface area contributed by atoms with E-state index in [1.807, 2.05) is 0 Å². The monoisotopic (exact) mass is 255 g/mol. The first-order chi connectivity index (χ1) is 8.34. The van der Waals surface area contributed by atoms with Crippen LogP contribution in [0.4, 0.5) is 0 Å². The number of nitrogens with one attached hydrogen (secondary N) is 1. The molecule has 4 nitrogen and oxygen atoms in total. The summed E-state index contributed by atoms with van der Waals surface area (Å²) >= 11 is 0. The van der Waals surface area contributed by atoms with Crippen molar-refractivity contribution in [2.75, 3.05) is 19.6 Å². The molecule has 4 heteroatoms. The minimum atomic E-state index is -0.104. The molecule has 1 aliphatic heterocycles. The number of nitrogens with two attached hydrogens (primary N) is 1. The third-order valence-corrected chi connectivity index (χ3v) is 4.01. The minimum Gasteiger partial charge on any atom is -0.350 e. The summed E-state index contributed by atoms with van der Waals surface area (Å²) in [5.41, 5.74) is 5.85. The van der Waals surface area contributed by atoms with E-state index in [9.17, 15) is 4.79 Å². The van der Waals surface area contributed by atoms with Crippen molar-refractivity contribution in [2.45, 2.75) is 58.5 Å². The average Bonchev–Trinajstić information content (AvgIpc) is 2.28. The zero-order valence-electron chi connectivity index (χ0n) is 12.3. The van der Waals surface area contributed by atoms with Crippen LogP contribution >= 0.6 is 0 Å². The Bertz CT molecular complexity index is 276. The molecule has 1 fully saturated rings. The second kappa shape index (κ2) is 6.53. The van der Waals surface area contributed by atoms with Gasteiger partial charge in [-0.15, -0.1) is 0 Å². The molecular weight excluding hydrogens is 226 g/mol. The zero-order chi connectivity index (χ0) is 13.8. The Kier molecular flexibility index (Phi) is 5.60. The topological polar surface area (TPSA) is 58.4 Å². The smallest absolute Gasteiger partial charge is 0.234 e. The first kappa shape index (κ1) is 15.4. The van der Waals surface area contributed by atoms with E-state index in [0.29, 0.717) is 12.5 Å². The highest BCUT2D eigenvalue weighted by atomic mass is 16.2. The van der Waals surface area contributed by atoms with Gasteiger partial charge in [0.15, 0.2) is 0 Å². The Balaban J connectivity index is 2.40. The van der Waals surface area contributed by atoms with Gasteiger partial charge >= 0.3 is 0 Å². The summed E-state index contributed by atoms with van der Waals surface area (Å²) in [6.07, 6.45) is 3.29. The van der Waals surface area contributed by atoms with Crippen LogP contribution in [0, 0.1) is 5.92 Å². The van der Waals surface area contributed by atoms with Crippen LogP contribution in [0.15, 0.2) is 0 Å². The Morgan fingerprint density at radius 3 is 2.78 bits per heavy atom. The molecule has 2 atom stereocenters. The van der Waals surface area contributed by atoms with Crippen molar-refractivity contribution < 1.29 is 4.79 Å². The quantitative estimate of drug-likeness (QED) is 0.779. The van der Waals surface area contributed by atoms with E-state index in [0.717, 1.165) is 25.9 Å². The van der Waals surface area contributed by atoms with Crippen molar-refractivity contribution in [2.24, 2.45) is 11.7 Å². The molecule has 3 N–H and O–H groups in total. The molecule has 0 aromatic heterocycles. The number of hydrogen-bond acceptors (Lipinski definition) is 3. The molecule has 0 bridgehead atoms. The number of likely N-dealkylation sites (tertiary alicyclic amines) is 1. The van der Waals surface area contributed by atoms with Crippen molar-refractivity contribution in [3.05, 3.63) is 0 Å². The van der Waals surface area contributed by atoms with E-state index >= 15 is 0 Å². The number of rotatable bonds is 5. The van der Waals surface area contributed by atoms with E-state index in [1.165, 1.54) is 6.42 Å². The number of piperidine rings is 1. The highest BCUT2D eigenvalue weighted by Crippen LogP contribution is 2.18. The summed E-state index contributed by atoms with van der Waals surface area (Å²) in [4.78, 5) is 14.2. The average molecular weight is 255 g/mol. The Hall–Kier alpha value is -0.610. The largest absolute Gasteiger partial charge is 0.350 e. The van der Waals surface area contributed by atoms with Crippen LogP contribution in [0.2, 0.25) is 0 Å². The van der Waals surface area contributed by atoms with E-state index in [4.69, 9.17) is 5.73 Å². The second-order valence-corrected chi connectivity index (χ2v) is 6.28. The normalized spacial score (nSPS) is 23.7. The third-order valence-electron chi connectivity index (χ3n) is 4.01. The van der Waals surface area contributed by atoms with Gasteiger partial charge in [-0.2, -0.15) is 0 Å². The molecule has 0 spiro atoms. The molecule has 0 aliphatic carbocycles. The van der Waals surface area contributed by atoms with Gasteiger partial charge in [0.1, 0.15) is 0 Å². The molecule has 1 rings (SSSR count). The molecular formula is C14H29N3O. The van der Waals surface area contributed by atoms with Crippen LogP contribution in [0.5, 0.6) is 0 Å². The SMILES string of the molecule is CCC(C)(C)NC(=O)CN1CCCC(C(C)N)C1.